The Bertz CT molecular complexity index is 721. The molecule has 0 radical (unpaired) electrons. The molecule has 1 aliphatic heterocycles. The van der Waals surface area contributed by atoms with Crippen molar-refractivity contribution in [3.63, 3.8) is 0 Å². The largest absolute Gasteiger partial charge is 0.453 e. The molecular weight excluding hydrogens is 294 g/mol. The molecule has 21 heavy (non-hydrogen) atoms. The topological polar surface area (TPSA) is 108 Å². The van der Waals surface area contributed by atoms with E-state index in [9.17, 15) is 18.0 Å². The van der Waals surface area contributed by atoms with Gasteiger partial charge in [0.05, 0.1) is 11.4 Å². The van der Waals surface area contributed by atoms with Gasteiger partial charge in [0, 0.05) is 13.0 Å². The molecule has 0 unspecified atom stereocenters. The number of amides is 1. The molecule has 0 N–H and O–H groups in total. The number of carbonyl (C=O) groups is 2. The van der Waals surface area contributed by atoms with Crippen LogP contribution in [-0.4, -0.2) is 47.9 Å². The van der Waals surface area contributed by atoms with E-state index in [4.69, 9.17) is 5.53 Å². The summed E-state index contributed by atoms with van der Waals surface area (Å²) in [4.78, 5) is 27.3. The Morgan fingerprint density at radius 3 is 2.48 bits per heavy atom. The second-order valence-corrected chi connectivity index (χ2v) is 6.43. The zero-order valence-electron chi connectivity index (χ0n) is 11.1. The highest BCUT2D eigenvalue weighted by Crippen LogP contribution is 2.13. The molecule has 2 rings (SSSR count). The lowest BCUT2D eigenvalue weighted by atomic mass is 10.4. The molecule has 0 aliphatic carbocycles. The highest BCUT2D eigenvalue weighted by Gasteiger charge is 2.39. The third kappa shape index (κ3) is 3.07. The maximum Gasteiger partial charge on any atom is 0.453 e. The molecule has 0 atom stereocenters. The van der Waals surface area contributed by atoms with Crippen LogP contribution >= 0.6 is 0 Å². The van der Waals surface area contributed by atoms with Crippen LogP contribution in [0.3, 0.4) is 0 Å². The number of carbonyl (C=O) groups excluding carboxylic acids is 2. The molecule has 7 nitrogen and oxygen atoms in total. The first-order valence-electron chi connectivity index (χ1n) is 6.30. The zero-order valence-corrected chi connectivity index (χ0v) is 11.9. The van der Waals surface area contributed by atoms with E-state index < -0.39 is 27.2 Å². The molecular formula is C13H13N3O4S. The van der Waals surface area contributed by atoms with Crippen LogP contribution in [0.15, 0.2) is 35.2 Å². The first-order chi connectivity index (χ1) is 9.96. The van der Waals surface area contributed by atoms with Crippen LogP contribution in [0.4, 0.5) is 0 Å². The summed E-state index contributed by atoms with van der Waals surface area (Å²) in [6.45, 7) is -0.00103. The molecule has 1 saturated heterocycles. The maximum absolute atomic E-state index is 12.2. The van der Waals surface area contributed by atoms with Gasteiger partial charge in [-0.1, -0.05) is 18.2 Å². The molecule has 1 amide bonds. The summed E-state index contributed by atoms with van der Waals surface area (Å²) >= 11 is 0. The van der Waals surface area contributed by atoms with Crippen LogP contribution in [0, 0.1) is 0 Å². The predicted molar refractivity (Wildman–Crippen MR) is 73.1 cm³/mol. The van der Waals surface area contributed by atoms with Crippen LogP contribution in [0.1, 0.15) is 12.8 Å². The number of rotatable bonds is 4. The molecule has 0 bridgehead atoms. The molecule has 1 fully saturated rings. The number of ketones is 1. The fourth-order valence-corrected chi connectivity index (χ4v) is 3.29. The normalized spacial score (nSPS) is 14.9. The monoisotopic (exact) mass is 307 g/mol. The van der Waals surface area contributed by atoms with E-state index in [-0.39, 0.29) is 10.8 Å². The average molecular weight is 307 g/mol. The Morgan fingerprint density at radius 2 is 1.95 bits per heavy atom. The molecule has 1 aliphatic rings. The van der Waals surface area contributed by atoms with Gasteiger partial charge in [0.15, 0.2) is 0 Å². The molecule has 1 aromatic carbocycles. The van der Waals surface area contributed by atoms with Crippen molar-refractivity contribution in [1.29, 1.82) is 0 Å². The Morgan fingerprint density at radius 1 is 1.29 bits per heavy atom. The minimum Gasteiger partial charge on any atom is -0.360 e. The lowest BCUT2D eigenvalue weighted by Crippen LogP contribution is -2.37. The van der Waals surface area contributed by atoms with E-state index in [0.29, 0.717) is 19.4 Å². The number of sulfone groups is 1. The smallest absolute Gasteiger partial charge is 0.360 e. The summed E-state index contributed by atoms with van der Waals surface area (Å²) in [5.41, 5.74) is 8.92. The van der Waals surface area contributed by atoms with Crippen molar-refractivity contribution in [1.82, 2.24) is 4.90 Å². The fourth-order valence-electron chi connectivity index (χ4n) is 2.08. The summed E-state index contributed by atoms with van der Waals surface area (Å²) in [5.74, 6) is -1.12. The summed E-state index contributed by atoms with van der Waals surface area (Å²) in [5, 5.41) is -0.951. The standard InChI is InChI=1S/C13H13N3O4S/c14-15-13(11(17)9-16-8-4-7-12(16)18)21(19,20)10-5-2-1-3-6-10/h1-3,5-6H,4,7-9H2. The molecule has 8 heteroatoms. The SMILES string of the molecule is [N-]=[N+]=C(C(=O)CN1CCCC1=O)S(=O)(=O)c1ccccc1. The predicted octanol–water partition coefficient (Wildman–Crippen LogP) is 0.280. The number of nitrogens with zero attached hydrogens (tertiary/aromatic N) is 3. The van der Waals surface area contributed by atoms with Crippen molar-refractivity contribution in [3.05, 3.63) is 35.9 Å². The van der Waals surface area contributed by atoms with Gasteiger partial charge in [0.2, 0.25) is 5.91 Å². The van der Waals surface area contributed by atoms with Crippen LogP contribution in [0.25, 0.3) is 5.53 Å². The second kappa shape index (κ2) is 5.99. The minimum atomic E-state index is -4.20. The molecule has 0 aromatic heterocycles. The Balaban J connectivity index is 2.26. The first-order valence-corrected chi connectivity index (χ1v) is 7.78. The summed E-state index contributed by atoms with van der Waals surface area (Å²) in [6, 6.07) is 7.22. The quantitative estimate of drug-likeness (QED) is 0.344. The van der Waals surface area contributed by atoms with E-state index in [2.05, 4.69) is 4.79 Å². The number of Topliss-reactive ketones (excluding diaryl/α,β-unsaturated/α-hetero) is 1. The van der Waals surface area contributed by atoms with E-state index >= 15 is 0 Å². The van der Waals surface area contributed by atoms with Crippen molar-refractivity contribution in [2.45, 2.75) is 17.7 Å². The highest BCUT2D eigenvalue weighted by molar-refractivity contribution is 8.08. The number of benzene rings is 1. The molecule has 1 aromatic rings. The van der Waals surface area contributed by atoms with E-state index in [1.54, 1.807) is 6.07 Å². The molecule has 1 heterocycles. The lowest BCUT2D eigenvalue weighted by molar-refractivity contribution is -0.131. The Kier molecular flexibility index (Phi) is 4.30. The third-order valence-electron chi connectivity index (χ3n) is 3.14. The van der Waals surface area contributed by atoms with E-state index in [0.717, 1.165) is 0 Å². The summed E-state index contributed by atoms with van der Waals surface area (Å²) in [7, 11) is -4.20. The summed E-state index contributed by atoms with van der Waals surface area (Å²) in [6.07, 6.45) is 0.966. The van der Waals surface area contributed by atoms with Crippen molar-refractivity contribution in [2.75, 3.05) is 13.1 Å². The first kappa shape index (κ1) is 15.1. The minimum absolute atomic E-state index is 0.140. The Labute approximate surface area is 121 Å². The van der Waals surface area contributed by atoms with Gasteiger partial charge in [0.25, 0.3) is 15.6 Å². The average Bonchev–Trinajstić information content (AvgIpc) is 2.85. The van der Waals surface area contributed by atoms with Crippen molar-refractivity contribution >= 4 is 26.6 Å². The van der Waals surface area contributed by atoms with Gasteiger partial charge in [-0.15, -0.1) is 4.79 Å². The molecule has 0 saturated carbocycles. The van der Waals surface area contributed by atoms with E-state index in [1.165, 1.54) is 29.2 Å². The maximum atomic E-state index is 12.2. The van der Waals surface area contributed by atoms with Crippen molar-refractivity contribution in [2.24, 2.45) is 0 Å². The van der Waals surface area contributed by atoms with Crippen molar-refractivity contribution in [3.8, 4) is 0 Å². The zero-order chi connectivity index (χ0) is 15.5. The van der Waals surface area contributed by atoms with Gasteiger partial charge in [-0.25, -0.2) is 8.42 Å². The number of hydrogen-bond donors (Lipinski definition) is 0. The van der Waals surface area contributed by atoms with E-state index in [1.807, 2.05) is 0 Å². The molecule has 0 spiro atoms. The van der Waals surface area contributed by atoms with Gasteiger partial charge < -0.3 is 10.4 Å². The van der Waals surface area contributed by atoms with Gasteiger partial charge in [-0.2, -0.15) is 0 Å². The van der Waals surface area contributed by atoms with Crippen LogP contribution in [0.5, 0.6) is 0 Å². The Hall–Kier alpha value is -2.31. The third-order valence-corrected chi connectivity index (χ3v) is 4.85. The van der Waals surface area contributed by atoms with Gasteiger partial charge in [0.1, 0.15) is 0 Å². The van der Waals surface area contributed by atoms with Gasteiger partial charge in [-0.05, 0) is 18.6 Å². The van der Waals surface area contributed by atoms with Crippen LogP contribution in [0.2, 0.25) is 0 Å². The lowest BCUT2D eigenvalue weighted by Gasteiger charge is -2.12. The summed E-state index contributed by atoms with van der Waals surface area (Å²) < 4.78 is 24.5. The fraction of sp³-hybridized carbons (Fsp3) is 0.308. The van der Waals surface area contributed by atoms with Gasteiger partial charge in [-0.3, -0.25) is 9.59 Å². The van der Waals surface area contributed by atoms with Crippen molar-refractivity contribution < 1.29 is 22.8 Å². The second-order valence-electron chi connectivity index (χ2n) is 4.56. The highest BCUT2D eigenvalue weighted by atomic mass is 32.2. The number of likely N-dealkylation sites (tertiary alicyclic amines) is 1. The molecule has 110 valence electrons. The van der Waals surface area contributed by atoms with Crippen LogP contribution < -0.4 is 0 Å². The van der Waals surface area contributed by atoms with Crippen LogP contribution in [-0.2, 0) is 19.4 Å². The van der Waals surface area contributed by atoms with Gasteiger partial charge >= 0.3 is 5.04 Å². The number of hydrogen-bond acceptors (Lipinski definition) is 4.